The molecule has 29 heavy (non-hydrogen) atoms. The summed E-state index contributed by atoms with van der Waals surface area (Å²) in [6.45, 7) is 3.51. The van der Waals surface area contributed by atoms with Crippen molar-refractivity contribution in [1.29, 1.82) is 0 Å². The number of hydrogen-bond donors (Lipinski definition) is 2. The maximum absolute atomic E-state index is 12.8. The molecule has 0 bridgehead atoms. The fraction of sp³-hybridized carbons (Fsp3) is 0.682. The number of anilines is 1. The van der Waals surface area contributed by atoms with E-state index in [-0.39, 0.29) is 5.91 Å². The minimum atomic E-state index is -0.114. The lowest BCUT2D eigenvalue weighted by molar-refractivity contribution is -0.133. The van der Waals surface area contributed by atoms with Crippen LogP contribution in [0.2, 0.25) is 0 Å². The molecule has 0 spiro atoms. The van der Waals surface area contributed by atoms with E-state index in [0.29, 0.717) is 42.3 Å². The quantitative estimate of drug-likeness (QED) is 0.732. The number of pyridine rings is 1. The molecule has 1 saturated carbocycles. The zero-order valence-electron chi connectivity index (χ0n) is 17.2. The SMILES string of the molecule is Nc1ccc(C(=O)NC[C@@H]2CC[C@H](CC(=O)N3CCCCC3)N2CC2CC2)cn1. The number of aromatic nitrogens is 1. The first-order chi connectivity index (χ1) is 14.1. The third kappa shape index (κ3) is 5.26. The number of piperidine rings is 1. The lowest BCUT2D eigenvalue weighted by Crippen LogP contribution is -2.46. The van der Waals surface area contributed by atoms with Crippen LogP contribution in [0.1, 0.15) is 61.7 Å². The second-order valence-corrected chi connectivity index (χ2v) is 8.85. The van der Waals surface area contributed by atoms with Crippen LogP contribution < -0.4 is 11.1 Å². The molecule has 7 nitrogen and oxygen atoms in total. The van der Waals surface area contributed by atoms with E-state index in [4.69, 9.17) is 5.73 Å². The van der Waals surface area contributed by atoms with E-state index in [0.717, 1.165) is 51.2 Å². The van der Waals surface area contributed by atoms with E-state index in [1.807, 2.05) is 0 Å². The Morgan fingerprint density at radius 1 is 1.07 bits per heavy atom. The van der Waals surface area contributed by atoms with Gasteiger partial charge in [-0.1, -0.05) is 0 Å². The van der Waals surface area contributed by atoms with Gasteiger partial charge in [-0.2, -0.15) is 0 Å². The van der Waals surface area contributed by atoms with Gasteiger partial charge in [-0.3, -0.25) is 14.5 Å². The second kappa shape index (κ2) is 9.11. The summed E-state index contributed by atoms with van der Waals surface area (Å²) in [5, 5.41) is 3.06. The van der Waals surface area contributed by atoms with Crippen LogP contribution in [0.3, 0.4) is 0 Å². The highest BCUT2D eigenvalue weighted by molar-refractivity contribution is 5.94. The predicted octanol–water partition coefficient (Wildman–Crippen LogP) is 2.04. The van der Waals surface area contributed by atoms with Crippen LogP contribution in [0.4, 0.5) is 5.82 Å². The number of nitrogens with one attached hydrogen (secondary N) is 1. The summed E-state index contributed by atoms with van der Waals surface area (Å²) in [5.74, 6) is 1.37. The van der Waals surface area contributed by atoms with E-state index in [1.165, 1.54) is 25.5 Å². The van der Waals surface area contributed by atoms with Crippen molar-refractivity contribution < 1.29 is 9.59 Å². The van der Waals surface area contributed by atoms with Gasteiger partial charge in [0.15, 0.2) is 0 Å². The molecule has 2 aliphatic heterocycles. The topological polar surface area (TPSA) is 91.6 Å². The van der Waals surface area contributed by atoms with Gasteiger partial charge in [-0.05, 0) is 63.0 Å². The van der Waals surface area contributed by atoms with Crippen LogP contribution in [0.25, 0.3) is 0 Å². The Morgan fingerprint density at radius 2 is 1.83 bits per heavy atom. The van der Waals surface area contributed by atoms with E-state index in [9.17, 15) is 9.59 Å². The molecule has 3 heterocycles. The predicted molar refractivity (Wildman–Crippen MR) is 112 cm³/mol. The van der Waals surface area contributed by atoms with Crippen molar-refractivity contribution in [3.05, 3.63) is 23.9 Å². The average molecular weight is 400 g/mol. The minimum Gasteiger partial charge on any atom is -0.384 e. The molecular formula is C22H33N5O2. The van der Waals surface area contributed by atoms with Crippen molar-refractivity contribution in [3.63, 3.8) is 0 Å². The number of hydrogen-bond acceptors (Lipinski definition) is 5. The molecule has 0 radical (unpaired) electrons. The van der Waals surface area contributed by atoms with Gasteiger partial charge in [0, 0.05) is 50.9 Å². The molecule has 4 rings (SSSR count). The summed E-state index contributed by atoms with van der Waals surface area (Å²) < 4.78 is 0. The number of carbonyl (C=O) groups excluding carboxylic acids is 2. The molecular weight excluding hydrogens is 366 g/mol. The number of likely N-dealkylation sites (tertiary alicyclic amines) is 2. The first kappa shape index (κ1) is 20.1. The van der Waals surface area contributed by atoms with Crippen molar-refractivity contribution >= 4 is 17.6 Å². The molecule has 0 aromatic carbocycles. The highest BCUT2D eigenvalue weighted by atomic mass is 16.2. The lowest BCUT2D eigenvalue weighted by atomic mass is 10.1. The first-order valence-electron chi connectivity index (χ1n) is 11.1. The monoisotopic (exact) mass is 399 g/mol. The van der Waals surface area contributed by atoms with Gasteiger partial charge in [0.05, 0.1) is 5.56 Å². The highest BCUT2D eigenvalue weighted by Crippen LogP contribution is 2.35. The Kier molecular flexibility index (Phi) is 6.33. The normalized spacial score (nSPS) is 25.2. The molecule has 158 valence electrons. The number of rotatable bonds is 7. The lowest BCUT2D eigenvalue weighted by Gasteiger charge is -2.33. The van der Waals surface area contributed by atoms with Crippen LogP contribution in [0, 0.1) is 5.92 Å². The standard InChI is InChI=1S/C22H33N5O2/c23-20-9-6-17(13-24-20)22(29)25-14-19-8-7-18(27(19)15-16-4-5-16)12-21(28)26-10-2-1-3-11-26/h6,9,13,16,18-19H,1-5,7-8,10-12,14-15H2,(H2,23,24)(H,25,29)/t18-,19+/m1/s1. The van der Waals surface area contributed by atoms with E-state index in [1.54, 1.807) is 12.1 Å². The smallest absolute Gasteiger partial charge is 0.252 e. The van der Waals surface area contributed by atoms with Crippen LogP contribution in [-0.2, 0) is 4.79 Å². The number of nitrogens with zero attached hydrogens (tertiary/aromatic N) is 3. The maximum Gasteiger partial charge on any atom is 0.252 e. The van der Waals surface area contributed by atoms with Gasteiger partial charge in [0.2, 0.25) is 5.91 Å². The summed E-state index contributed by atoms with van der Waals surface area (Å²) in [5.41, 5.74) is 6.13. The number of carbonyl (C=O) groups is 2. The van der Waals surface area contributed by atoms with Gasteiger partial charge in [0.1, 0.15) is 5.82 Å². The van der Waals surface area contributed by atoms with Crippen molar-refractivity contribution in [1.82, 2.24) is 20.1 Å². The Hall–Kier alpha value is -2.15. The average Bonchev–Trinajstić information content (AvgIpc) is 3.49. The van der Waals surface area contributed by atoms with Crippen LogP contribution in [0.5, 0.6) is 0 Å². The van der Waals surface area contributed by atoms with Crippen molar-refractivity contribution in [2.24, 2.45) is 5.92 Å². The largest absolute Gasteiger partial charge is 0.384 e. The van der Waals surface area contributed by atoms with Crippen molar-refractivity contribution in [3.8, 4) is 0 Å². The van der Waals surface area contributed by atoms with E-state index >= 15 is 0 Å². The number of nitrogen functional groups attached to an aromatic ring is 1. The molecule has 1 aliphatic carbocycles. The molecule has 3 fully saturated rings. The van der Waals surface area contributed by atoms with Gasteiger partial charge >= 0.3 is 0 Å². The molecule has 3 N–H and O–H groups in total. The highest BCUT2D eigenvalue weighted by Gasteiger charge is 2.38. The van der Waals surface area contributed by atoms with Gasteiger partial charge in [-0.15, -0.1) is 0 Å². The van der Waals surface area contributed by atoms with Crippen LogP contribution >= 0.6 is 0 Å². The maximum atomic E-state index is 12.8. The van der Waals surface area contributed by atoms with Crippen molar-refractivity contribution in [2.45, 2.75) is 63.5 Å². The molecule has 1 aromatic heterocycles. The zero-order chi connectivity index (χ0) is 20.2. The Labute approximate surface area is 173 Å². The van der Waals surface area contributed by atoms with Gasteiger partial charge in [-0.25, -0.2) is 4.98 Å². The van der Waals surface area contributed by atoms with Crippen molar-refractivity contribution in [2.75, 3.05) is 31.9 Å². The fourth-order valence-electron chi connectivity index (χ4n) is 4.68. The van der Waals surface area contributed by atoms with E-state index in [2.05, 4.69) is 20.1 Å². The third-order valence-corrected chi connectivity index (χ3v) is 6.60. The number of nitrogens with two attached hydrogens (primary N) is 1. The second-order valence-electron chi connectivity index (χ2n) is 8.85. The fourth-order valence-corrected chi connectivity index (χ4v) is 4.68. The molecule has 7 heteroatoms. The number of amides is 2. The zero-order valence-corrected chi connectivity index (χ0v) is 17.2. The molecule has 2 atom stereocenters. The summed E-state index contributed by atoms with van der Waals surface area (Å²) >= 11 is 0. The summed E-state index contributed by atoms with van der Waals surface area (Å²) in [6.07, 6.45) is 10.3. The first-order valence-corrected chi connectivity index (χ1v) is 11.1. The Balaban J connectivity index is 1.33. The summed E-state index contributed by atoms with van der Waals surface area (Å²) in [6, 6.07) is 3.96. The van der Waals surface area contributed by atoms with Gasteiger partial charge < -0.3 is 16.0 Å². The summed E-state index contributed by atoms with van der Waals surface area (Å²) in [4.78, 5) is 33.8. The third-order valence-electron chi connectivity index (χ3n) is 6.60. The van der Waals surface area contributed by atoms with Crippen LogP contribution in [0.15, 0.2) is 18.3 Å². The van der Waals surface area contributed by atoms with Gasteiger partial charge in [0.25, 0.3) is 5.91 Å². The minimum absolute atomic E-state index is 0.114. The molecule has 1 aromatic rings. The molecule has 2 amide bonds. The molecule has 2 saturated heterocycles. The Morgan fingerprint density at radius 3 is 2.52 bits per heavy atom. The molecule has 3 aliphatic rings. The molecule has 0 unspecified atom stereocenters. The van der Waals surface area contributed by atoms with E-state index < -0.39 is 0 Å². The Bertz CT molecular complexity index is 712. The van der Waals surface area contributed by atoms with Crippen LogP contribution in [-0.4, -0.2) is 64.9 Å². The summed E-state index contributed by atoms with van der Waals surface area (Å²) in [7, 11) is 0.